The van der Waals surface area contributed by atoms with Crippen LogP contribution in [-0.2, 0) is 4.79 Å². The second-order valence-corrected chi connectivity index (χ2v) is 3.49. The van der Waals surface area contributed by atoms with Gasteiger partial charge in [0.05, 0.1) is 13.1 Å². The molecule has 3 N–H and O–H groups in total. The number of aryl methyl sites for hydroxylation is 1. The fourth-order valence-corrected chi connectivity index (χ4v) is 1.22. The lowest BCUT2D eigenvalue weighted by atomic mass is 10.2. The van der Waals surface area contributed by atoms with E-state index in [0.717, 1.165) is 11.3 Å². The van der Waals surface area contributed by atoms with Gasteiger partial charge in [-0.3, -0.25) is 4.79 Å². The van der Waals surface area contributed by atoms with Crippen molar-refractivity contribution in [3.8, 4) is 0 Å². The van der Waals surface area contributed by atoms with Crippen LogP contribution in [-0.4, -0.2) is 18.9 Å². The Morgan fingerprint density at radius 1 is 1.57 bits per heavy atom. The number of rotatable bonds is 4. The van der Waals surface area contributed by atoms with Gasteiger partial charge in [-0.1, -0.05) is 17.7 Å². The smallest absolute Gasteiger partial charge is 0.165 e. The summed E-state index contributed by atoms with van der Waals surface area (Å²) in [6.45, 7) is 2.26. The molecule has 0 spiro atoms. The molecule has 1 aromatic rings. The lowest BCUT2D eigenvalue weighted by Gasteiger charge is -2.08. The quantitative estimate of drug-likeness (QED) is 0.797. The zero-order valence-electron chi connectivity index (χ0n) is 8.01. The number of halogens is 1. The Bertz CT molecular complexity index is 339. The fraction of sp³-hybridized carbons (Fsp3) is 0.300. The van der Waals surface area contributed by atoms with E-state index in [0.29, 0.717) is 5.02 Å². The van der Waals surface area contributed by atoms with Gasteiger partial charge in [-0.05, 0) is 24.6 Å². The van der Waals surface area contributed by atoms with Gasteiger partial charge in [0.1, 0.15) is 0 Å². The number of carbonyl (C=O) groups excluding carboxylic acids is 1. The molecule has 1 rings (SSSR count). The van der Waals surface area contributed by atoms with Crippen LogP contribution in [0.25, 0.3) is 0 Å². The summed E-state index contributed by atoms with van der Waals surface area (Å²) in [4.78, 5) is 11.0. The second-order valence-electron chi connectivity index (χ2n) is 3.06. The summed E-state index contributed by atoms with van der Waals surface area (Å²) in [5, 5.41) is 3.64. The van der Waals surface area contributed by atoms with Crippen molar-refractivity contribution >= 4 is 23.1 Å². The molecule has 0 fully saturated rings. The highest BCUT2D eigenvalue weighted by Crippen LogP contribution is 2.19. The Hall–Kier alpha value is -1.06. The van der Waals surface area contributed by atoms with Crippen molar-refractivity contribution in [3.63, 3.8) is 0 Å². The molecule has 0 aromatic heterocycles. The summed E-state index contributed by atoms with van der Waals surface area (Å²) in [5.74, 6) is -0.0237. The molecule has 0 atom stereocenters. The van der Waals surface area contributed by atoms with Gasteiger partial charge in [-0.15, -0.1) is 0 Å². The summed E-state index contributed by atoms with van der Waals surface area (Å²) in [6.07, 6.45) is 0. The molecule has 4 heteroatoms. The molecule has 0 aliphatic carbocycles. The molecular formula is C10H13ClN2O. The van der Waals surface area contributed by atoms with Crippen molar-refractivity contribution in [2.24, 2.45) is 5.73 Å². The maximum absolute atomic E-state index is 11.0. The highest BCUT2D eigenvalue weighted by Gasteiger charge is 2.01. The second kappa shape index (κ2) is 4.98. The summed E-state index contributed by atoms with van der Waals surface area (Å²) in [6, 6.07) is 5.51. The molecule has 0 radical (unpaired) electrons. The fourth-order valence-electron chi connectivity index (χ4n) is 1.05. The molecule has 0 unspecified atom stereocenters. The van der Waals surface area contributed by atoms with Gasteiger partial charge in [-0.25, -0.2) is 0 Å². The average molecular weight is 213 g/mol. The van der Waals surface area contributed by atoms with Crippen LogP contribution in [0.3, 0.4) is 0 Å². The third-order valence-electron chi connectivity index (χ3n) is 1.90. The molecule has 0 saturated heterocycles. The van der Waals surface area contributed by atoms with E-state index in [1.54, 1.807) is 6.07 Å². The van der Waals surface area contributed by atoms with Gasteiger partial charge in [0.25, 0.3) is 0 Å². The Labute approximate surface area is 88.2 Å². The number of carbonyl (C=O) groups is 1. The molecular weight excluding hydrogens is 200 g/mol. The minimum atomic E-state index is -0.0237. The average Bonchev–Trinajstić information content (AvgIpc) is 2.19. The molecule has 0 aliphatic heterocycles. The first kappa shape index (κ1) is 11.0. The van der Waals surface area contributed by atoms with Crippen LogP contribution in [0, 0.1) is 6.92 Å². The van der Waals surface area contributed by atoms with E-state index in [2.05, 4.69) is 5.32 Å². The lowest BCUT2D eigenvalue weighted by Crippen LogP contribution is -2.22. The van der Waals surface area contributed by atoms with E-state index in [1.165, 1.54) is 0 Å². The Balaban J connectivity index is 2.66. The lowest BCUT2D eigenvalue weighted by molar-refractivity contribution is -0.116. The first-order valence-corrected chi connectivity index (χ1v) is 4.73. The number of Topliss-reactive ketones (excluding diaryl/α,β-unsaturated/α-hetero) is 1. The van der Waals surface area contributed by atoms with Crippen molar-refractivity contribution in [1.82, 2.24) is 0 Å². The van der Waals surface area contributed by atoms with Crippen LogP contribution in [0.15, 0.2) is 18.2 Å². The topological polar surface area (TPSA) is 55.1 Å². The van der Waals surface area contributed by atoms with Crippen molar-refractivity contribution in [2.75, 3.05) is 18.4 Å². The van der Waals surface area contributed by atoms with Crippen LogP contribution < -0.4 is 11.1 Å². The molecule has 76 valence electrons. The van der Waals surface area contributed by atoms with Gasteiger partial charge < -0.3 is 11.1 Å². The highest BCUT2D eigenvalue weighted by molar-refractivity contribution is 6.30. The number of nitrogens with one attached hydrogen (secondary N) is 1. The van der Waals surface area contributed by atoms with Crippen molar-refractivity contribution < 1.29 is 4.79 Å². The van der Waals surface area contributed by atoms with E-state index in [1.807, 2.05) is 19.1 Å². The first-order chi connectivity index (χ1) is 6.63. The van der Waals surface area contributed by atoms with E-state index in [-0.39, 0.29) is 18.9 Å². The maximum Gasteiger partial charge on any atom is 0.165 e. The number of benzene rings is 1. The predicted molar refractivity (Wildman–Crippen MR) is 58.7 cm³/mol. The highest BCUT2D eigenvalue weighted by atomic mass is 35.5. The van der Waals surface area contributed by atoms with Crippen LogP contribution in [0.1, 0.15) is 5.56 Å². The zero-order valence-corrected chi connectivity index (χ0v) is 8.77. The Morgan fingerprint density at radius 3 is 2.93 bits per heavy atom. The van der Waals surface area contributed by atoms with E-state index >= 15 is 0 Å². The minimum Gasteiger partial charge on any atom is -0.378 e. The van der Waals surface area contributed by atoms with Crippen molar-refractivity contribution in [1.29, 1.82) is 0 Å². The monoisotopic (exact) mass is 212 g/mol. The summed E-state index contributed by atoms with van der Waals surface area (Å²) in [7, 11) is 0. The minimum absolute atomic E-state index is 0.0237. The van der Waals surface area contributed by atoms with Gasteiger partial charge in [-0.2, -0.15) is 0 Å². The van der Waals surface area contributed by atoms with Crippen molar-refractivity contribution in [2.45, 2.75) is 6.92 Å². The predicted octanol–water partition coefficient (Wildman–Crippen LogP) is 1.59. The SMILES string of the molecule is Cc1ccc(Cl)cc1NCC(=O)CN. The molecule has 0 bridgehead atoms. The molecule has 0 amide bonds. The van der Waals surface area contributed by atoms with Gasteiger partial charge in [0, 0.05) is 10.7 Å². The Kier molecular flexibility index (Phi) is 3.92. The maximum atomic E-state index is 11.0. The Morgan fingerprint density at radius 2 is 2.29 bits per heavy atom. The molecule has 1 aromatic carbocycles. The number of hydrogen-bond donors (Lipinski definition) is 2. The molecule has 0 saturated carbocycles. The molecule has 0 heterocycles. The van der Waals surface area contributed by atoms with E-state index in [4.69, 9.17) is 17.3 Å². The van der Waals surface area contributed by atoms with Gasteiger partial charge >= 0.3 is 0 Å². The standard InChI is InChI=1S/C10H13ClN2O/c1-7-2-3-8(11)4-10(7)13-6-9(14)5-12/h2-4,13H,5-6,12H2,1H3. The number of anilines is 1. The van der Waals surface area contributed by atoms with Crippen LogP contribution in [0.2, 0.25) is 5.02 Å². The number of hydrogen-bond acceptors (Lipinski definition) is 3. The normalized spacial score (nSPS) is 9.93. The number of ketones is 1. The van der Waals surface area contributed by atoms with Crippen LogP contribution >= 0.6 is 11.6 Å². The summed E-state index contributed by atoms with van der Waals surface area (Å²) >= 11 is 5.82. The zero-order chi connectivity index (χ0) is 10.6. The third-order valence-corrected chi connectivity index (χ3v) is 2.14. The largest absolute Gasteiger partial charge is 0.378 e. The summed E-state index contributed by atoms with van der Waals surface area (Å²) in [5.41, 5.74) is 7.12. The number of nitrogens with two attached hydrogens (primary N) is 1. The van der Waals surface area contributed by atoms with Gasteiger partial charge in [0.2, 0.25) is 0 Å². The van der Waals surface area contributed by atoms with Gasteiger partial charge in [0.15, 0.2) is 5.78 Å². The molecule has 0 aliphatic rings. The molecule has 14 heavy (non-hydrogen) atoms. The van der Waals surface area contributed by atoms with E-state index in [9.17, 15) is 4.79 Å². The first-order valence-electron chi connectivity index (χ1n) is 4.35. The van der Waals surface area contributed by atoms with E-state index < -0.39 is 0 Å². The third kappa shape index (κ3) is 3.01. The van der Waals surface area contributed by atoms with Crippen LogP contribution in [0.4, 0.5) is 5.69 Å². The van der Waals surface area contributed by atoms with Crippen molar-refractivity contribution in [3.05, 3.63) is 28.8 Å². The van der Waals surface area contributed by atoms with Crippen LogP contribution in [0.5, 0.6) is 0 Å². The molecule has 3 nitrogen and oxygen atoms in total. The summed E-state index contributed by atoms with van der Waals surface area (Å²) < 4.78 is 0.